The Labute approximate surface area is 121 Å². The predicted molar refractivity (Wildman–Crippen MR) is 71.8 cm³/mol. The van der Waals surface area contributed by atoms with E-state index in [4.69, 9.17) is 9.84 Å². The Kier molecular flexibility index (Phi) is 4.37. The lowest BCUT2D eigenvalue weighted by atomic mass is 10.0. The molecule has 1 fully saturated rings. The van der Waals surface area contributed by atoms with Gasteiger partial charge in [-0.1, -0.05) is 30.3 Å². The van der Waals surface area contributed by atoms with Crippen LogP contribution in [-0.4, -0.2) is 41.5 Å². The summed E-state index contributed by atoms with van der Waals surface area (Å²) in [5, 5.41) is 9.05. The second kappa shape index (κ2) is 6.05. The number of benzene rings is 1. The molecule has 1 aliphatic heterocycles. The lowest BCUT2D eigenvalue weighted by molar-refractivity contribution is -0.152. The molecule has 0 aliphatic carbocycles. The highest BCUT2D eigenvalue weighted by Crippen LogP contribution is 2.32. The summed E-state index contributed by atoms with van der Waals surface area (Å²) in [6.45, 7) is 0.343. The minimum Gasteiger partial charge on any atom is -0.453 e. The van der Waals surface area contributed by atoms with Crippen molar-refractivity contribution in [3.63, 3.8) is 0 Å². The lowest BCUT2D eigenvalue weighted by Crippen LogP contribution is -2.43. The highest BCUT2D eigenvalue weighted by atomic mass is 19.1. The summed E-state index contributed by atoms with van der Waals surface area (Å²) in [6, 6.07) is 8.99. The van der Waals surface area contributed by atoms with Crippen molar-refractivity contribution in [2.75, 3.05) is 6.61 Å². The van der Waals surface area contributed by atoms with Crippen molar-refractivity contribution in [3.05, 3.63) is 42.0 Å². The van der Waals surface area contributed by atoms with Crippen LogP contribution in [0.3, 0.4) is 0 Å². The molecule has 0 radical (unpaired) electrons. The largest absolute Gasteiger partial charge is 0.453 e. The summed E-state index contributed by atoms with van der Waals surface area (Å²) in [4.78, 5) is 23.0. The number of halogens is 1. The van der Waals surface area contributed by atoms with Crippen molar-refractivity contribution in [1.82, 2.24) is 0 Å². The third kappa shape index (κ3) is 3.28. The molecular formula is C15H15FO5. The van der Waals surface area contributed by atoms with Gasteiger partial charge in [-0.05, 0) is 18.6 Å². The zero-order valence-electron chi connectivity index (χ0n) is 11.4. The maximum absolute atomic E-state index is 14.1. The molecule has 112 valence electrons. The molecule has 3 atom stereocenters. The third-order valence-corrected chi connectivity index (χ3v) is 3.16. The first-order valence-corrected chi connectivity index (χ1v) is 6.39. The first-order valence-electron chi connectivity index (χ1n) is 6.39. The van der Waals surface area contributed by atoms with Gasteiger partial charge in [0.2, 0.25) is 5.67 Å². The topological polar surface area (TPSA) is 72.8 Å². The van der Waals surface area contributed by atoms with Gasteiger partial charge >= 0.3 is 11.9 Å². The van der Waals surface area contributed by atoms with E-state index in [-0.39, 0.29) is 0 Å². The fourth-order valence-corrected chi connectivity index (χ4v) is 1.99. The second-order valence-corrected chi connectivity index (χ2v) is 4.80. The number of alkyl halides is 1. The zero-order valence-corrected chi connectivity index (χ0v) is 11.4. The fourth-order valence-electron chi connectivity index (χ4n) is 1.99. The minimum absolute atomic E-state index is 0.619. The van der Waals surface area contributed by atoms with Gasteiger partial charge < -0.3 is 14.6 Å². The maximum atomic E-state index is 14.1. The molecule has 0 unspecified atom stereocenters. The van der Waals surface area contributed by atoms with Gasteiger partial charge in [0.15, 0.2) is 12.2 Å². The summed E-state index contributed by atoms with van der Waals surface area (Å²) < 4.78 is 23.7. The van der Waals surface area contributed by atoms with Gasteiger partial charge in [0.1, 0.15) is 0 Å². The SMILES string of the molecule is C[C@]1(F)C(=O)O[C@H](CO)[C@H]1OC(=O)/C=C/c1ccccc1. The predicted octanol–water partition coefficient (Wildman–Crippen LogP) is 1.26. The van der Waals surface area contributed by atoms with E-state index in [9.17, 15) is 14.0 Å². The van der Waals surface area contributed by atoms with Gasteiger partial charge in [-0.25, -0.2) is 14.0 Å². The first kappa shape index (κ1) is 15.2. The smallest absolute Gasteiger partial charge is 0.348 e. The normalized spacial score (nSPS) is 28.6. The van der Waals surface area contributed by atoms with Crippen LogP contribution in [0.5, 0.6) is 0 Å². The summed E-state index contributed by atoms with van der Waals surface area (Å²) in [5.41, 5.74) is -1.70. The number of rotatable bonds is 4. The van der Waals surface area contributed by atoms with Crippen molar-refractivity contribution >= 4 is 18.0 Å². The Morgan fingerprint density at radius 2 is 2.14 bits per heavy atom. The molecule has 1 aliphatic rings. The highest BCUT2D eigenvalue weighted by molar-refractivity contribution is 5.88. The van der Waals surface area contributed by atoms with Gasteiger partial charge in [0, 0.05) is 6.08 Å². The number of cyclic esters (lactones) is 1. The van der Waals surface area contributed by atoms with E-state index in [0.29, 0.717) is 0 Å². The van der Waals surface area contributed by atoms with Crippen molar-refractivity contribution in [2.24, 2.45) is 0 Å². The van der Waals surface area contributed by atoms with Crippen molar-refractivity contribution in [3.8, 4) is 0 Å². The monoisotopic (exact) mass is 294 g/mol. The molecule has 1 aromatic carbocycles. The quantitative estimate of drug-likeness (QED) is 0.668. The maximum Gasteiger partial charge on any atom is 0.348 e. The molecule has 0 spiro atoms. The number of carbonyl (C=O) groups excluding carboxylic acids is 2. The number of aliphatic hydroxyl groups excluding tert-OH is 1. The average molecular weight is 294 g/mol. The van der Waals surface area contributed by atoms with Gasteiger partial charge in [0.05, 0.1) is 6.61 Å². The van der Waals surface area contributed by atoms with E-state index < -0.39 is 36.4 Å². The van der Waals surface area contributed by atoms with Crippen molar-refractivity contribution in [1.29, 1.82) is 0 Å². The number of ether oxygens (including phenoxy) is 2. The lowest BCUT2D eigenvalue weighted by Gasteiger charge is -2.20. The molecule has 2 rings (SSSR count). The van der Waals surface area contributed by atoms with Crippen LogP contribution in [0.15, 0.2) is 36.4 Å². The summed E-state index contributed by atoms with van der Waals surface area (Å²) in [5.74, 6) is -1.96. The van der Waals surface area contributed by atoms with E-state index in [1.165, 1.54) is 6.08 Å². The Balaban J connectivity index is 2.04. The van der Waals surface area contributed by atoms with Crippen LogP contribution < -0.4 is 0 Å². The molecule has 21 heavy (non-hydrogen) atoms. The molecule has 6 heteroatoms. The third-order valence-electron chi connectivity index (χ3n) is 3.16. The molecule has 1 saturated heterocycles. The van der Waals surface area contributed by atoms with Crippen LogP contribution in [0.4, 0.5) is 4.39 Å². The van der Waals surface area contributed by atoms with Crippen LogP contribution in [0, 0.1) is 0 Å². The van der Waals surface area contributed by atoms with Crippen LogP contribution in [0.25, 0.3) is 6.08 Å². The summed E-state index contributed by atoms with van der Waals surface area (Å²) in [7, 11) is 0. The molecular weight excluding hydrogens is 279 g/mol. The van der Waals surface area contributed by atoms with Crippen LogP contribution in [-0.2, 0) is 19.1 Å². The first-order chi connectivity index (χ1) is 9.95. The Morgan fingerprint density at radius 3 is 2.76 bits per heavy atom. The summed E-state index contributed by atoms with van der Waals surface area (Å²) >= 11 is 0. The molecule has 1 aromatic rings. The van der Waals surface area contributed by atoms with E-state index in [1.54, 1.807) is 24.3 Å². The standard InChI is InChI=1S/C15H15FO5/c1-15(16)13(11(9-17)20-14(15)19)21-12(18)8-7-10-5-3-2-4-6-10/h2-8,11,13,17H,9H2,1H3/b8-7+/t11-,13-,15-/m1/s1. The number of hydrogen-bond donors (Lipinski definition) is 1. The van der Waals surface area contributed by atoms with Crippen molar-refractivity contribution in [2.45, 2.75) is 24.8 Å². The van der Waals surface area contributed by atoms with E-state index >= 15 is 0 Å². The Bertz CT molecular complexity index is 552. The van der Waals surface area contributed by atoms with Gasteiger partial charge in [-0.15, -0.1) is 0 Å². The summed E-state index contributed by atoms with van der Waals surface area (Å²) in [6.07, 6.45) is -0.0314. The number of hydrogen-bond acceptors (Lipinski definition) is 5. The molecule has 0 bridgehead atoms. The molecule has 0 saturated carbocycles. The Morgan fingerprint density at radius 1 is 1.48 bits per heavy atom. The van der Waals surface area contributed by atoms with E-state index in [2.05, 4.69) is 4.74 Å². The fraction of sp³-hybridized carbons (Fsp3) is 0.333. The zero-order chi connectivity index (χ0) is 15.5. The van der Waals surface area contributed by atoms with Crippen LogP contribution >= 0.6 is 0 Å². The Hall–Kier alpha value is -2.21. The second-order valence-electron chi connectivity index (χ2n) is 4.80. The molecule has 1 N–H and O–H groups in total. The number of aliphatic hydroxyl groups is 1. The molecule has 5 nitrogen and oxygen atoms in total. The average Bonchev–Trinajstić information content (AvgIpc) is 2.69. The van der Waals surface area contributed by atoms with Crippen molar-refractivity contribution < 1.29 is 28.6 Å². The van der Waals surface area contributed by atoms with Gasteiger partial charge in [0.25, 0.3) is 0 Å². The number of esters is 2. The van der Waals surface area contributed by atoms with Crippen LogP contribution in [0.1, 0.15) is 12.5 Å². The van der Waals surface area contributed by atoms with Gasteiger partial charge in [-0.3, -0.25) is 0 Å². The van der Waals surface area contributed by atoms with Gasteiger partial charge in [-0.2, -0.15) is 0 Å². The highest BCUT2D eigenvalue weighted by Gasteiger charge is 2.57. The van der Waals surface area contributed by atoms with E-state index in [0.717, 1.165) is 18.6 Å². The molecule has 0 aromatic heterocycles. The molecule has 0 amide bonds. The minimum atomic E-state index is -2.47. The van der Waals surface area contributed by atoms with Crippen LogP contribution in [0.2, 0.25) is 0 Å². The number of carbonyl (C=O) groups is 2. The molecule has 1 heterocycles. The van der Waals surface area contributed by atoms with E-state index in [1.807, 2.05) is 6.07 Å².